The first-order chi connectivity index (χ1) is 11.2. The molecule has 0 bridgehead atoms. The molecular weight excluding hydrogens is 294 g/mol. The monoisotopic (exact) mass is 313 g/mol. The van der Waals surface area contributed by atoms with Crippen LogP contribution in [0, 0.1) is 0 Å². The van der Waals surface area contributed by atoms with Gasteiger partial charge in [0, 0.05) is 32.1 Å². The summed E-state index contributed by atoms with van der Waals surface area (Å²) < 4.78 is 5.24. The number of aryl methyl sites for hydroxylation is 1. The molecule has 120 valence electrons. The molecule has 7 nitrogen and oxygen atoms in total. The number of likely N-dealkylation sites (N-methyl/N-ethyl adjacent to an activating group) is 1. The average molecular weight is 313 g/mol. The average Bonchev–Trinajstić information content (AvgIpc) is 3.04. The van der Waals surface area contributed by atoms with Crippen molar-refractivity contribution in [2.75, 3.05) is 25.5 Å². The predicted octanol–water partition coefficient (Wildman–Crippen LogP) is 1.75. The summed E-state index contributed by atoms with van der Waals surface area (Å²) in [5, 5.41) is 6.79. The Bertz CT molecular complexity index is 696. The van der Waals surface area contributed by atoms with E-state index in [1.807, 2.05) is 0 Å². The highest BCUT2D eigenvalue weighted by Gasteiger charge is 2.15. The lowest BCUT2D eigenvalue weighted by Gasteiger charge is -2.19. The molecule has 0 atom stereocenters. The minimum Gasteiger partial charge on any atom is -0.339 e. The van der Waals surface area contributed by atoms with Gasteiger partial charge in [0.05, 0.1) is 11.9 Å². The maximum Gasteiger partial charge on any atom is 0.227 e. The van der Waals surface area contributed by atoms with Crippen LogP contribution in [-0.2, 0) is 11.2 Å². The van der Waals surface area contributed by atoms with Crippen LogP contribution >= 0.6 is 0 Å². The SMILES string of the molecule is CN1CC=C(c2noc(CCC(=O)Nc3cccnc3)n2)CC1. The van der Waals surface area contributed by atoms with Gasteiger partial charge in [0.25, 0.3) is 0 Å². The molecule has 0 aromatic carbocycles. The maximum atomic E-state index is 11.9. The molecule has 0 fully saturated rings. The Kier molecular flexibility index (Phi) is 4.77. The minimum atomic E-state index is -0.101. The molecule has 0 aliphatic carbocycles. The molecule has 0 radical (unpaired) electrons. The number of nitrogens with zero attached hydrogens (tertiary/aromatic N) is 4. The predicted molar refractivity (Wildman–Crippen MR) is 85.6 cm³/mol. The summed E-state index contributed by atoms with van der Waals surface area (Å²) in [6, 6.07) is 3.57. The van der Waals surface area contributed by atoms with Gasteiger partial charge in [-0.25, -0.2) is 0 Å². The van der Waals surface area contributed by atoms with Gasteiger partial charge in [0.1, 0.15) is 0 Å². The fraction of sp³-hybridized carbons (Fsp3) is 0.375. The molecule has 3 heterocycles. The number of amides is 1. The summed E-state index contributed by atoms with van der Waals surface area (Å²) in [6.07, 6.45) is 7.01. The van der Waals surface area contributed by atoms with Gasteiger partial charge < -0.3 is 14.7 Å². The van der Waals surface area contributed by atoms with Crippen molar-refractivity contribution in [3.8, 4) is 0 Å². The van der Waals surface area contributed by atoms with Crippen LogP contribution < -0.4 is 5.32 Å². The van der Waals surface area contributed by atoms with Crippen LogP contribution in [0.25, 0.3) is 5.57 Å². The Morgan fingerprint density at radius 1 is 1.48 bits per heavy atom. The van der Waals surface area contributed by atoms with Crippen molar-refractivity contribution >= 4 is 17.2 Å². The number of carbonyl (C=O) groups is 1. The summed E-state index contributed by atoms with van der Waals surface area (Å²) in [4.78, 5) is 22.4. The number of hydrogen-bond acceptors (Lipinski definition) is 6. The van der Waals surface area contributed by atoms with Gasteiger partial charge >= 0.3 is 0 Å². The van der Waals surface area contributed by atoms with Crippen LogP contribution in [0.3, 0.4) is 0 Å². The standard InChI is InChI=1S/C16H19N5O2/c1-21-9-6-12(7-10-21)16-19-15(23-20-16)5-4-14(22)18-13-3-2-8-17-11-13/h2-3,6,8,11H,4-5,7,9-10H2,1H3,(H,18,22). The third-order valence-corrected chi connectivity index (χ3v) is 3.68. The molecule has 1 N–H and O–H groups in total. The zero-order valence-corrected chi connectivity index (χ0v) is 13.0. The number of anilines is 1. The third kappa shape index (κ3) is 4.23. The summed E-state index contributed by atoms with van der Waals surface area (Å²) in [6.45, 7) is 1.88. The van der Waals surface area contributed by atoms with Crippen molar-refractivity contribution in [2.24, 2.45) is 0 Å². The van der Waals surface area contributed by atoms with E-state index in [1.54, 1.807) is 24.5 Å². The minimum absolute atomic E-state index is 0.101. The summed E-state index contributed by atoms with van der Waals surface area (Å²) >= 11 is 0. The van der Waals surface area contributed by atoms with Crippen LogP contribution in [0.5, 0.6) is 0 Å². The second-order valence-corrected chi connectivity index (χ2v) is 5.54. The molecule has 2 aromatic heterocycles. The Morgan fingerprint density at radius 2 is 2.39 bits per heavy atom. The molecule has 0 spiro atoms. The van der Waals surface area contributed by atoms with Crippen LogP contribution in [0.2, 0.25) is 0 Å². The lowest BCUT2D eigenvalue weighted by molar-refractivity contribution is -0.116. The number of hydrogen-bond donors (Lipinski definition) is 1. The Hall–Kier alpha value is -2.54. The van der Waals surface area contributed by atoms with Crippen molar-refractivity contribution < 1.29 is 9.32 Å². The molecule has 3 rings (SSSR count). The first-order valence-electron chi connectivity index (χ1n) is 7.61. The van der Waals surface area contributed by atoms with Gasteiger partial charge in [-0.3, -0.25) is 9.78 Å². The van der Waals surface area contributed by atoms with Crippen LogP contribution in [0.1, 0.15) is 24.6 Å². The van der Waals surface area contributed by atoms with Crippen molar-refractivity contribution in [3.63, 3.8) is 0 Å². The van der Waals surface area contributed by atoms with Crippen LogP contribution in [-0.4, -0.2) is 46.1 Å². The van der Waals surface area contributed by atoms with E-state index in [1.165, 1.54) is 0 Å². The fourth-order valence-electron chi connectivity index (χ4n) is 2.34. The molecule has 23 heavy (non-hydrogen) atoms. The smallest absolute Gasteiger partial charge is 0.227 e. The second kappa shape index (κ2) is 7.15. The van der Waals surface area contributed by atoms with Gasteiger partial charge in [-0.05, 0) is 31.2 Å². The zero-order valence-electron chi connectivity index (χ0n) is 13.0. The highest BCUT2D eigenvalue weighted by molar-refractivity contribution is 5.90. The molecule has 0 unspecified atom stereocenters. The number of aromatic nitrogens is 3. The molecular formula is C16H19N5O2. The lowest BCUT2D eigenvalue weighted by Crippen LogP contribution is -2.23. The lowest BCUT2D eigenvalue weighted by atomic mass is 10.1. The Balaban J connectivity index is 1.52. The van der Waals surface area contributed by atoms with Gasteiger partial charge in [-0.1, -0.05) is 11.2 Å². The topological polar surface area (TPSA) is 84.2 Å². The summed E-state index contributed by atoms with van der Waals surface area (Å²) in [7, 11) is 2.08. The largest absolute Gasteiger partial charge is 0.339 e. The molecule has 1 aliphatic rings. The Labute approximate surface area is 134 Å². The van der Waals surface area contributed by atoms with Gasteiger partial charge in [0.2, 0.25) is 11.8 Å². The maximum absolute atomic E-state index is 11.9. The van der Waals surface area contributed by atoms with Crippen molar-refractivity contribution in [3.05, 3.63) is 42.3 Å². The van der Waals surface area contributed by atoms with E-state index < -0.39 is 0 Å². The van der Waals surface area contributed by atoms with Gasteiger partial charge in [0.15, 0.2) is 5.82 Å². The number of carbonyl (C=O) groups excluding carboxylic acids is 1. The zero-order chi connectivity index (χ0) is 16.1. The van der Waals surface area contributed by atoms with Gasteiger partial charge in [-0.15, -0.1) is 0 Å². The van der Waals surface area contributed by atoms with Crippen LogP contribution in [0.15, 0.2) is 35.1 Å². The molecule has 0 saturated carbocycles. The molecule has 1 aliphatic heterocycles. The van der Waals surface area contributed by atoms with Crippen molar-refractivity contribution in [2.45, 2.75) is 19.3 Å². The van der Waals surface area contributed by atoms with E-state index in [0.29, 0.717) is 23.8 Å². The summed E-state index contributed by atoms with van der Waals surface area (Å²) in [5.41, 5.74) is 1.79. The highest BCUT2D eigenvalue weighted by atomic mass is 16.5. The fourth-order valence-corrected chi connectivity index (χ4v) is 2.34. The molecule has 1 amide bonds. The Morgan fingerprint density at radius 3 is 3.13 bits per heavy atom. The number of nitrogens with one attached hydrogen (secondary N) is 1. The van der Waals surface area contributed by atoms with E-state index in [4.69, 9.17) is 4.52 Å². The molecule has 0 saturated heterocycles. The first-order valence-corrected chi connectivity index (χ1v) is 7.61. The van der Waals surface area contributed by atoms with Crippen molar-refractivity contribution in [1.29, 1.82) is 0 Å². The van der Waals surface area contributed by atoms with E-state index in [2.05, 4.69) is 38.5 Å². The number of pyridine rings is 1. The molecule has 2 aromatic rings. The normalized spacial score (nSPS) is 15.3. The number of rotatable bonds is 5. The quantitative estimate of drug-likeness (QED) is 0.905. The summed E-state index contributed by atoms with van der Waals surface area (Å²) in [5.74, 6) is 1.03. The van der Waals surface area contributed by atoms with Gasteiger partial charge in [-0.2, -0.15) is 4.98 Å². The first kappa shape index (κ1) is 15.4. The van der Waals surface area contributed by atoms with E-state index >= 15 is 0 Å². The molecule has 7 heteroatoms. The third-order valence-electron chi connectivity index (χ3n) is 3.68. The van der Waals surface area contributed by atoms with Crippen molar-refractivity contribution in [1.82, 2.24) is 20.0 Å². The van der Waals surface area contributed by atoms with E-state index in [-0.39, 0.29) is 12.3 Å². The highest BCUT2D eigenvalue weighted by Crippen LogP contribution is 2.19. The van der Waals surface area contributed by atoms with Crippen LogP contribution in [0.4, 0.5) is 5.69 Å². The second-order valence-electron chi connectivity index (χ2n) is 5.54. The van der Waals surface area contributed by atoms with E-state index in [9.17, 15) is 4.79 Å². The van der Waals surface area contributed by atoms with E-state index in [0.717, 1.165) is 25.1 Å².